The van der Waals surface area contributed by atoms with Crippen molar-refractivity contribution in [3.8, 4) is 0 Å². The quantitative estimate of drug-likeness (QED) is 0.857. The maximum absolute atomic E-state index is 12.8. The van der Waals surface area contributed by atoms with Gasteiger partial charge in [0.2, 0.25) is 0 Å². The molecule has 0 N–H and O–H groups in total. The number of ketones is 2. The molecule has 122 valence electrons. The molecule has 1 aromatic carbocycles. The van der Waals surface area contributed by atoms with E-state index in [1.165, 1.54) is 6.92 Å². The predicted molar refractivity (Wildman–Crippen MR) is 86.8 cm³/mol. The first kappa shape index (κ1) is 15.9. The highest BCUT2D eigenvalue weighted by Crippen LogP contribution is 2.48. The van der Waals surface area contributed by atoms with E-state index in [9.17, 15) is 9.59 Å². The van der Waals surface area contributed by atoms with Gasteiger partial charge in [0.25, 0.3) is 0 Å². The van der Waals surface area contributed by atoms with Gasteiger partial charge in [0.05, 0.1) is 19.1 Å². The number of hydrogen-bond acceptors (Lipinski definition) is 4. The highest BCUT2D eigenvalue weighted by atomic mass is 16.6. The number of rotatable bonds is 4. The first-order valence-corrected chi connectivity index (χ1v) is 8.00. The van der Waals surface area contributed by atoms with Crippen molar-refractivity contribution in [3.05, 3.63) is 41.0 Å². The van der Waals surface area contributed by atoms with Crippen molar-refractivity contribution in [1.29, 1.82) is 0 Å². The standard InChI is InChI=1S/C19H22O4/c1-11(2)17(21)16-15-9-22-10-19(15,13(4)20)23-18(16)14-7-5-12(3)6-8-14/h5-8,11,15H,9-10H2,1-4H3/t15-,19+/m0/s1. The van der Waals surface area contributed by atoms with E-state index in [-0.39, 0.29) is 30.0 Å². The molecule has 2 aliphatic rings. The van der Waals surface area contributed by atoms with Crippen molar-refractivity contribution in [3.63, 3.8) is 0 Å². The molecule has 1 saturated heterocycles. The number of carbonyl (C=O) groups is 2. The number of benzene rings is 1. The number of aryl methyl sites for hydroxylation is 1. The minimum Gasteiger partial charge on any atom is -0.475 e. The molecule has 0 unspecified atom stereocenters. The second-order valence-corrected chi connectivity index (χ2v) is 6.74. The monoisotopic (exact) mass is 314 g/mol. The minimum absolute atomic E-state index is 0.0270. The predicted octanol–water partition coefficient (Wildman–Crippen LogP) is 2.94. The summed E-state index contributed by atoms with van der Waals surface area (Å²) in [6.07, 6.45) is 0. The average Bonchev–Trinajstić information content (AvgIpc) is 3.04. The molecule has 4 nitrogen and oxygen atoms in total. The summed E-state index contributed by atoms with van der Waals surface area (Å²) in [7, 11) is 0. The van der Waals surface area contributed by atoms with Gasteiger partial charge in [-0.3, -0.25) is 9.59 Å². The van der Waals surface area contributed by atoms with E-state index in [0.29, 0.717) is 17.9 Å². The van der Waals surface area contributed by atoms with Crippen molar-refractivity contribution < 1.29 is 19.1 Å². The molecule has 0 amide bonds. The Morgan fingerprint density at radius 3 is 2.43 bits per heavy atom. The Morgan fingerprint density at radius 2 is 1.87 bits per heavy atom. The zero-order valence-electron chi connectivity index (χ0n) is 14.0. The van der Waals surface area contributed by atoms with Gasteiger partial charge < -0.3 is 9.47 Å². The van der Waals surface area contributed by atoms with Gasteiger partial charge in [-0.15, -0.1) is 0 Å². The molecule has 1 aromatic rings. The molecule has 0 aromatic heterocycles. The van der Waals surface area contributed by atoms with E-state index in [4.69, 9.17) is 9.47 Å². The number of ether oxygens (including phenoxy) is 2. The van der Waals surface area contributed by atoms with Gasteiger partial charge in [0, 0.05) is 17.1 Å². The van der Waals surface area contributed by atoms with Gasteiger partial charge in [0.15, 0.2) is 17.2 Å². The smallest absolute Gasteiger partial charge is 0.199 e. The Bertz CT molecular complexity index is 684. The van der Waals surface area contributed by atoms with Crippen molar-refractivity contribution >= 4 is 17.3 Å². The fourth-order valence-electron chi connectivity index (χ4n) is 3.31. The molecule has 0 spiro atoms. The third kappa shape index (κ3) is 2.41. The Balaban J connectivity index is 2.14. The zero-order chi connectivity index (χ0) is 16.8. The second-order valence-electron chi connectivity index (χ2n) is 6.74. The third-order valence-corrected chi connectivity index (χ3v) is 4.74. The maximum atomic E-state index is 12.8. The molecule has 3 rings (SSSR count). The van der Waals surface area contributed by atoms with Crippen LogP contribution in [-0.2, 0) is 19.1 Å². The van der Waals surface area contributed by atoms with Gasteiger partial charge in [-0.25, -0.2) is 0 Å². The topological polar surface area (TPSA) is 52.6 Å². The fourth-order valence-corrected chi connectivity index (χ4v) is 3.31. The van der Waals surface area contributed by atoms with Crippen molar-refractivity contribution in [1.82, 2.24) is 0 Å². The van der Waals surface area contributed by atoms with Crippen molar-refractivity contribution in [2.75, 3.05) is 13.2 Å². The third-order valence-electron chi connectivity index (χ3n) is 4.74. The van der Waals surface area contributed by atoms with Gasteiger partial charge in [-0.1, -0.05) is 43.7 Å². The van der Waals surface area contributed by atoms with E-state index in [1.54, 1.807) is 0 Å². The van der Waals surface area contributed by atoms with Crippen LogP contribution in [0.15, 0.2) is 29.8 Å². The lowest BCUT2D eigenvalue weighted by Gasteiger charge is -2.25. The van der Waals surface area contributed by atoms with Crippen LogP contribution in [0.3, 0.4) is 0 Å². The zero-order valence-corrected chi connectivity index (χ0v) is 14.0. The summed E-state index contributed by atoms with van der Waals surface area (Å²) in [5.41, 5.74) is 1.54. The number of fused-ring (bicyclic) bond motifs is 1. The lowest BCUT2D eigenvalue weighted by molar-refractivity contribution is -0.135. The largest absolute Gasteiger partial charge is 0.475 e. The fraction of sp³-hybridized carbons (Fsp3) is 0.474. The Kier molecular flexibility index (Phi) is 3.88. The van der Waals surface area contributed by atoms with E-state index in [0.717, 1.165) is 11.1 Å². The van der Waals surface area contributed by atoms with E-state index < -0.39 is 5.60 Å². The highest BCUT2D eigenvalue weighted by Gasteiger charge is 2.59. The van der Waals surface area contributed by atoms with Crippen LogP contribution in [0.25, 0.3) is 5.76 Å². The van der Waals surface area contributed by atoms with Crippen LogP contribution in [-0.4, -0.2) is 30.4 Å². The summed E-state index contributed by atoms with van der Waals surface area (Å²) >= 11 is 0. The van der Waals surface area contributed by atoms with Crippen LogP contribution in [0.5, 0.6) is 0 Å². The van der Waals surface area contributed by atoms with E-state index >= 15 is 0 Å². The summed E-state index contributed by atoms with van der Waals surface area (Å²) < 4.78 is 11.6. The molecule has 2 heterocycles. The van der Waals surface area contributed by atoms with Gasteiger partial charge in [0.1, 0.15) is 5.76 Å². The Hall–Kier alpha value is -1.94. The van der Waals surface area contributed by atoms with Crippen LogP contribution >= 0.6 is 0 Å². The van der Waals surface area contributed by atoms with E-state index in [1.807, 2.05) is 45.0 Å². The highest BCUT2D eigenvalue weighted by molar-refractivity contribution is 6.06. The Labute approximate surface area is 136 Å². The molecule has 4 heteroatoms. The summed E-state index contributed by atoms with van der Waals surface area (Å²) in [5, 5.41) is 0. The van der Waals surface area contributed by atoms with Crippen molar-refractivity contribution in [2.24, 2.45) is 11.8 Å². The lowest BCUT2D eigenvalue weighted by atomic mass is 9.80. The van der Waals surface area contributed by atoms with E-state index in [2.05, 4.69) is 0 Å². The van der Waals surface area contributed by atoms with Crippen LogP contribution in [0.4, 0.5) is 0 Å². The second kappa shape index (κ2) is 5.60. The molecule has 2 aliphatic heterocycles. The van der Waals surface area contributed by atoms with Crippen molar-refractivity contribution in [2.45, 2.75) is 33.3 Å². The summed E-state index contributed by atoms with van der Waals surface area (Å²) in [4.78, 5) is 25.1. The summed E-state index contributed by atoms with van der Waals surface area (Å²) in [5.74, 6) is 0.0196. The summed E-state index contributed by atoms with van der Waals surface area (Å²) in [6.45, 7) is 7.81. The maximum Gasteiger partial charge on any atom is 0.199 e. The number of hydrogen-bond donors (Lipinski definition) is 0. The van der Waals surface area contributed by atoms with Crippen LogP contribution < -0.4 is 0 Å². The first-order valence-electron chi connectivity index (χ1n) is 8.00. The molecule has 0 bridgehead atoms. The molecule has 23 heavy (non-hydrogen) atoms. The molecular formula is C19H22O4. The number of Topliss-reactive ketones (excluding diaryl/α,β-unsaturated/α-hetero) is 2. The molecular weight excluding hydrogens is 292 g/mol. The summed E-state index contributed by atoms with van der Waals surface area (Å²) in [6, 6.07) is 7.84. The molecule has 2 atom stereocenters. The Morgan fingerprint density at radius 1 is 1.22 bits per heavy atom. The van der Waals surface area contributed by atoms with Crippen LogP contribution in [0.2, 0.25) is 0 Å². The van der Waals surface area contributed by atoms with Crippen LogP contribution in [0, 0.1) is 18.8 Å². The minimum atomic E-state index is -1.04. The van der Waals surface area contributed by atoms with Gasteiger partial charge in [-0.2, -0.15) is 0 Å². The first-order chi connectivity index (χ1) is 10.9. The van der Waals surface area contributed by atoms with Crippen LogP contribution in [0.1, 0.15) is 31.9 Å². The molecule has 0 saturated carbocycles. The van der Waals surface area contributed by atoms with Gasteiger partial charge >= 0.3 is 0 Å². The SMILES string of the molecule is CC(=O)[C@]12COC[C@H]1C(C(=O)C(C)C)=C(c1ccc(C)cc1)O2. The molecule has 1 fully saturated rings. The molecule has 0 radical (unpaired) electrons. The normalized spacial score (nSPS) is 26.4. The number of carbonyl (C=O) groups excluding carboxylic acids is 2. The average molecular weight is 314 g/mol. The molecule has 0 aliphatic carbocycles. The lowest BCUT2D eigenvalue weighted by Crippen LogP contribution is -2.44. The van der Waals surface area contributed by atoms with Gasteiger partial charge in [-0.05, 0) is 13.8 Å².